The van der Waals surface area contributed by atoms with E-state index in [9.17, 15) is 18.0 Å². The SMILES string of the molecule is CC(C)N1C(=O)c2ccc(C(=O)NCC(N)c3ccccc3)cc2S1(=O)=O.Cl. The summed E-state index contributed by atoms with van der Waals surface area (Å²) in [5.74, 6) is -1.02. The Morgan fingerprint density at radius 1 is 1.14 bits per heavy atom. The number of nitrogens with zero attached hydrogens (tertiary/aromatic N) is 1. The number of sulfonamides is 1. The lowest BCUT2D eigenvalue weighted by Gasteiger charge is -2.18. The molecule has 0 bridgehead atoms. The van der Waals surface area contributed by atoms with Crippen molar-refractivity contribution in [2.24, 2.45) is 5.73 Å². The van der Waals surface area contributed by atoms with E-state index in [1.165, 1.54) is 18.2 Å². The molecule has 1 aliphatic rings. The molecule has 0 radical (unpaired) electrons. The normalized spacial score (nSPS) is 15.7. The smallest absolute Gasteiger partial charge is 0.269 e. The summed E-state index contributed by atoms with van der Waals surface area (Å²) in [6.45, 7) is 3.45. The Labute approximate surface area is 170 Å². The molecule has 28 heavy (non-hydrogen) atoms. The van der Waals surface area contributed by atoms with Crippen molar-refractivity contribution in [1.82, 2.24) is 9.62 Å². The summed E-state index contributed by atoms with van der Waals surface area (Å²) >= 11 is 0. The Bertz CT molecular complexity index is 993. The largest absolute Gasteiger partial charge is 0.350 e. The van der Waals surface area contributed by atoms with Crippen LogP contribution in [0, 0.1) is 0 Å². The molecule has 2 aromatic carbocycles. The van der Waals surface area contributed by atoms with Crippen molar-refractivity contribution in [3.8, 4) is 0 Å². The van der Waals surface area contributed by atoms with Crippen LogP contribution in [-0.4, -0.2) is 37.1 Å². The molecule has 1 unspecified atom stereocenters. The van der Waals surface area contributed by atoms with Gasteiger partial charge < -0.3 is 11.1 Å². The highest BCUT2D eigenvalue weighted by Gasteiger charge is 2.42. The molecule has 2 aromatic rings. The number of amides is 2. The monoisotopic (exact) mass is 423 g/mol. The molecule has 3 N–H and O–H groups in total. The van der Waals surface area contributed by atoms with Gasteiger partial charge in [0.2, 0.25) is 0 Å². The van der Waals surface area contributed by atoms with Gasteiger partial charge in [-0.05, 0) is 37.6 Å². The molecule has 1 aliphatic heterocycles. The van der Waals surface area contributed by atoms with E-state index < -0.39 is 27.9 Å². The third-order valence-electron chi connectivity index (χ3n) is 4.39. The summed E-state index contributed by atoms with van der Waals surface area (Å²) in [5, 5.41) is 2.70. The molecule has 0 fully saturated rings. The molecule has 0 aromatic heterocycles. The molecule has 1 atom stereocenters. The average Bonchev–Trinajstić information content (AvgIpc) is 2.85. The Hall–Kier alpha value is -2.42. The van der Waals surface area contributed by atoms with Gasteiger partial charge in [-0.25, -0.2) is 12.7 Å². The van der Waals surface area contributed by atoms with Crippen LogP contribution in [0.4, 0.5) is 0 Å². The molecule has 9 heteroatoms. The lowest BCUT2D eigenvalue weighted by Crippen LogP contribution is -2.36. The van der Waals surface area contributed by atoms with E-state index in [4.69, 9.17) is 5.73 Å². The number of benzene rings is 2. The molecule has 0 saturated carbocycles. The first-order valence-electron chi connectivity index (χ1n) is 8.55. The van der Waals surface area contributed by atoms with E-state index in [-0.39, 0.29) is 41.0 Å². The van der Waals surface area contributed by atoms with Crippen molar-refractivity contribution in [3.63, 3.8) is 0 Å². The van der Waals surface area contributed by atoms with Crippen molar-refractivity contribution < 1.29 is 18.0 Å². The molecule has 1 heterocycles. The minimum Gasteiger partial charge on any atom is -0.350 e. The van der Waals surface area contributed by atoms with Crippen LogP contribution in [0.1, 0.15) is 46.2 Å². The maximum Gasteiger partial charge on any atom is 0.269 e. The topological polar surface area (TPSA) is 110 Å². The number of halogens is 1. The Kier molecular flexibility index (Phi) is 6.48. The molecule has 0 spiro atoms. The Balaban J connectivity index is 0.00000280. The van der Waals surface area contributed by atoms with Gasteiger partial charge in [-0.3, -0.25) is 9.59 Å². The molecule has 150 valence electrons. The number of rotatable bonds is 5. The van der Waals surface area contributed by atoms with Crippen molar-refractivity contribution in [2.75, 3.05) is 6.54 Å². The van der Waals surface area contributed by atoms with Gasteiger partial charge in [0.25, 0.3) is 21.8 Å². The number of hydrogen-bond acceptors (Lipinski definition) is 5. The highest BCUT2D eigenvalue weighted by atomic mass is 35.5. The van der Waals surface area contributed by atoms with Gasteiger partial charge in [-0.1, -0.05) is 30.3 Å². The van der Waals surface area contributed by atoms with Crippen molar-refractivity contribution in [1.29, 1.82) is 0 Å². The summed E-state index contributed by atoms with van der Waals surface area (Å²) in [6.07, 6.45) is 0. The molecule has 7 nitrogen and oxygen atoms in total. The highest BCUT2D eigenvalue weighted by molar-refractivity contribution is 7.90. The first-order valence-corrected chi connectivity index (χ1v) is 9.99. The number of nitrogens with two attached hydrogens (primary N) is 1. The minimum atomic E-state index is -3.95. The van der Waals surface area contributed by atoms with Crippen LogP contribution in [0.5, 0.6) is 0 Å². The molecule has 2 amide bonds. The summed E-state index contributed by atoms with van der Waals surface area (Å²) in [6, 6.07) is 12.5. The zero-order chi connectivity index (χ0) is 19.8. The summed E-state index contributed by atoms with van der Waals surface area (Å²) in [5.41, 5.74) is 7.19. The Morgan fingerprint density at radius 2 is 1.79 bits per heavy atom. The van der Waals surface area contributed by atoms with Crippen LogP contribution < -0.4 is 11.1 Å². The van der Waals surface area contributed by atoms with Gasteiger partial charge in [0, 0.05) is 24.2 Å². The fraction of sp³-hybridized carbons (Fsp3) is 0.263. The zero-order valence-corrected chi connectivity index (χ0v) is 17.1. The van der Waals surface area contributed by atoms with E-state index in [1.54, 1.807) is 13.8 Å². The third-order valence-corrected chi connectivity index (χ3v) is 6.39. The third kappa shape index (κ3) is 3.89. The maximum absolute atomic E-state index is 12.6. The van der Waals surface area contributed by atoms with Crippen molar-refractivity contribution >= 4 is 34.2 Å². The molecule has 0 aliphatic carbocycles. The van der Waals surface area contributed by atoms with Gasteiger partial charge in [0.1, 0.15) is 4.90 Å². The highest BCUT2D eigenvalue weighted by Crippen LogP contribution is 2.32. The van der Waals surface area contributed by atoms with E-state index in [0.717, 1.165) is 9.87 Å². The second kappa shape index (κ2) is 8.30. The lowest BCUT2D eigenvalue weighted by molar-refractivity contribution is 0.0845. The molecular weight excluding hydrogens is 402 g/mol. The quantitative estimate of drug-likeness (QED) is 0.765. The average molecular weight is 424 g/mol. The second-order valence-corrected chi connectivity index (χ2v) is 8.42. The Morgan fingerprint density at radius 3 is 2.39 bits per heavy atom. The molecule has 0 saturated heterocycles. The van der Waals surface area contributed by atoms with Crippen LogP contribution >= 0.6 is 12.4 Å². The lowest BCUT2D eigenvalue weighted by atomic mass is 10.1. The fourth-order valence-electron chi connectivity index (χ4n) is 3.02. The first kappa shape index (κ1) is 21.9. The summed E-state index contributed by atoms with van der Waals surface area (Å²) in [7, 11) is -3.95. The summed E-state index contributed by atoms with van der Waals surface area (Å²) in [4.78, 5) is 24.6. The second-order valence-electron chi connectivity index (χ2n) is 6.64. The van der Waals surface area contributed by atoms with Crippen LogP contribution in [0.25, 0.3) is 0 Å². The molecule has 3 rings (SSSR count). The van der Waals surface area contributed by atoms with Gasteiger partial charge >= 0.3 is 0 Å². The number of nitrogens with one attached hydrogen (secondary N) is 1. The number of hydrogen-bond donors (Lipinski definition) is 2. The van der Waals surface area contributed by atoms with Gasteiger partial charge in [-0.15, -0.1) is 12.4 Å². The van der Waals surface area contributed by atoms with E-state index in [0.29, 0.717) is 0 Å². The minimum absolute atomic E-state index is 0. The predicted molar refractivity (Wildman–Crippen MR) is 108 cm³/mol. The van der Waals surface area contributed by atoms with Crippen LogP contribution in [0.15, 0.2) is 53.4 Å². The van der Waals surface area contributed by atoms with Gasteiger partial charge in [0.05, 0.1) is 5.56 Å². The van der Waals surface area contributed by atoms with E-state index in [2.05, 4.69) is 5.32 Å². The predicted octanol–water partition coefficient (Wildman–Crippen LogP) is 2.09. The molecular formula is C19H22ClN3O4S. The summed E-state index contributed by atoms with van der Waals surface area (Å²) < 4.78 is 26.1. The standard InChI is InChI=1S/C19H21N3O4S.ClH/c1-12(2)22-19(24)15-9-8-14(10-17(15)27(22,25)26)18(23)21-11-16(20)13-6-4-3-5-7-13;/h3-10,12,16H,11,20H2,1-2H3,(H,21,23);1H. The van der Waals surface area contributed by atoms with Crippen molar-refractivity contribution in [3.05, 3.63) is 65.2 Å². The van der Waals surface area contributed by atoms with Gasteiger partial charge in [0.15, 0.2) is 0 Å². The van der Waals surface area contributed by atoms with Gasteiger partial charge in [-0.2, -0.15) is 0 Å². The van der Waals surface area contributed by atoms with Crippen LogP contribution in [-0.2, 0) is 10.0 Å². The zero-order valence-electron chi connectivity index (χ0n) is 15.5. The number of carbonyl (C=O) groups excluding carboxylic acids is 2. The van der Waals surface area contributed by atoms with E-state index in [1.807, 2.05) is 30.3 Å². The fourth-order valence-corrected chi connectivity index (χ4v) is 4.82. The first-order chi connectivity index (χ1) is 12.7. The number of fused-ring (bicyclic) bond motifs is 1. The van der Waals surface area contributed by atoms with Crippen LogP contribution in [0.3, 0.4) is 0 Å². The number of carbonyl (C=O) groups is 2. The maximum atomic E-state index is 12.6. The van der Waals surface area contributed by atoms with Crippen molar-refractivity contribution in [2.45, 2.75) is 30.8 Å². The van der Waals surface area contributed by atoms with E-state index >= 15 is 0 Å². The van der Waals surface area contributed by atoms with Crippen LogP contribution in [0.2, 0.25) is 0 Å².